The van der Waals surface area contributed by atoms with Crippen LogP contribution < -0.4 is 5.32 Å². The SMILES string of the molecule is Fc1ccc(F)c(CNCC2CCCCC2CCl)c1. The Bertz CT molecular complexity index is 411. The van der Waals surface area contributed by atoms with Gasteiger partial charge in [0.15, 0.2) is 0 Å². The molecule has 1 nitrogen and oxygen atoms in total. The number of benzene rings is 1. The molecule has 2 atom stereocenters. The van der Waals surface area contributed by atoms with Crippen LogP contribution in [0.15, 0.2) is 18.2 Å². The molecule has 1 fully saturated rings. The van der Waals surface area contributed by atoms with Gasteiger partial charge in [-0.2, -0.15) is 0 Å². The van der Waals surface area contributed by atoms with Gasteiger partial charge >= 0.3 is 0 Å². The van der Waals surface area contributed by atoms with E-state index in [0.29, 0.717) is 29.8 Å². The van der Waals surface area contributed by atoms with Crippen molar-refractivity contribution in [2.45, 2.75) is 32.2 Å². The minimum absolute atomic E-state index is 0.355. The third-order valence-corrected chi connectivity index (χ3v) is 4.39. The largest absolute Gasteiger partial charge is 0.312 e. The maximum atomic E-state index is 13.5. The van der Waals surface area contributed by atoms with Crippen LogP contribution in [0.5, 0.6) is 0 Å². The van der Waals surface area contributed by atoms with E-state index < -0.39 is 5.82 Å². The van der Waals surface area contributed by atoms with Gasteiger partial charge in [-0.05, 0) is 49.4 Å². The summed E-state index contributed by atoms with van der Waals surface area (Å²) in [6.45, 7) is 1.20. The van der Waals surface area contributed by atoms with E-state index in [4.69, 9.17) is 11.6 Å². The molecule has 0 radical (unpaired) electrons. The average Bonchev–Trinajstić information content (AvgIpc) is 2.43. The van der Waals surface area contributed by atoms with E-state index in [1.54, 1.807) is 0 Å². The van der Waals surface area contributed by atoms with E-state index in [0.717, 1.165) is 12.6 Å². The van der Waals surface area contributed by atoms with E-state index >= 15 is 0 Å². The Balaban J connectivity index is 1.83. The Labute approximate surface area is 118 Å². The standard InChI is InChI=1S/C15H20ClF2N/c16-8-11-3-1-2-4-12(11)9-19-10-13-7-14(17)5-6-15(13)18/h5-7,11-12,19H,1-4,8-10H2. The number of nitrogens with one attached hydrogen (secondary N) is 1. The van der Waals surface area contributed by atoms with E-state index in [9.17, 15) is 8.78 Å². The molecule has 1 aromatic rings. The Kier molecular flexibility index (Phi) is 5.59. The summed E-state index contributed by atoms with van der Waals surface area (Å²) in [5.41, 5.74) is 0.387. The van der Waals surface area contributed by atoms with Crippen LogP contribution in [0.3, 0.4) is 0 Å². The van der Waals surface area contributed by atoms with Crippen molar-refractivity contribution in [1.82, 2.24) is 5.32 Å². The number of rotatable bonds is 5. The van der Waals surface area contributed by atoms with Crippen molar-refractivity contribution in [2.24, 2.45) is 11.8 Å². The van der Waals surface area contributed by atoms with E-state index in [2.05, 4.69) is 5.32 Å². The summed E-state index contributed by atoms with van der Waals surface area (Å²) in [7, 11) is 0. The molecule has 1 saturated carbocycles. The summed E-state index contributed by atoms with van der Waals surface area (Å²) < 4.78 is 26.5. The zero-order chi connectivity index (χ0) is 13.7. The Morgan fingerprint density at radius 1 is 1.16 bits per heavy atom. The molecule has 1 N–H and O–H groups in total. The first-order valence-corrected chi connectivity index (χ1v) is 7.44. The molecule has 1 aliphatic carbocycles. The molecule has 0 spiro atoms. The second-order valence-corrected chi connectivity index (χ2v) is 5.63. The van der Waals surface area contributed by atoms with Gasteiger partial charge in [0, 0.05) is 18.0 Å². The molecule has 0 aliphatic heterocycles. The molecule has 2 unspecified atom stereocenters. The van der Waals surface area contributed by atoms with Gasteiger partial charge in [0.2, 0.25) is 0 Å². The number of halogens is 3. The monoisotopic (exact) mass is 287 g/mol. The van der Waals surface area contributed by atoms with Crippen LogP contribution in [0.4, 0.5) is 8.78 Å². The van der Waals surface area contributed by atoms with Gasteiger partial charge in [0.25, 0.3) is 0 Å². The molecule has 2 rings (SSSR count). The van der Waals surface area contributed by atoms with Gasteiger partial charge in [-0.3, -0.25) is 0 Å². The number of hydrogen-bond acceptors (Lipinski definition) is 1. The second kappa shape index (κ2) is 7.20. The van der Waals surface area contributed by atoms with Crippen LogP contribution in [-0.2, 0) is 6.54 Å². The molecule has 1 aliphatic rings. The fraction of sp³-hybridized carbons (Fsp3) is 0.600. The van der Waals surface area contributed by atoms with Crippen molar-refractivity contribution in [3.05, 3.63) is 35.4 Å². The Morgan fingerprint density at radius 3 is 2.63 bits per heavy atom. The maximum absolute atomic E-state index is 13.5. The highest BCUT2D eigenvalue weighted by molar-refractivity contribution is 6.18. The summed E-state index contributed by atoms with van der Waals surface area (Å²) in [5.74, 6) is 1.06. The van der Waals surface area contributed by atoms with Crippen molar-refractivity contribution in [3.8, 4) is 0 Å². The maximum Gasteiger partial charge on any atom is 0.127 e. The van der Waals surface area contributed by atoms with E-state index in [1.807, 2.05) is 0 Å². The van der Waals surface area contributed by atoms with E-state index in [1.165, 1.54) is 37.8 Å². The lowest BCUT2D eigenvalue weighted by Gasteiger charge is -2.30. The van der Waals surface area contributed by atoms with Crippen LogP contribution in [0.25, 0.3) is 0 Å². The third kappa shape index (κ3) is 4.15. The lowest BCUT2D eigenvalue weighted by molar-refractivity contribution is 0.250. The van der Waals surface area contributed by atoms with Gasteiger partial charge in [-0.1, -0.05) is 12.8 Å². The topological polar surface area (TPSA) is 12.0 Å². The summed E-state index contributed by atoms with van der Waals surface area (Å²) >= 11 is 5.98. The zero-order valence-corrected chi connectivity index (χ0v) is 11.7. The zero-order valence-electron chi connectivity index (χ0n) is 11.0. The van der Waals surface area contributed by atoms with Crippen molar-refractivity contribution in [3.63, 3.8) is 0 Å². The number of alkyl halides is 1. The molecular formula is C15H20ClF2N. The second-order valence-electron chi connectivity index (χ2n) is 5.33. The third-order valence-electron chi connectivity index (χ3n) is 3.99. The predicted octanol–water partition coefficient (Wildman–Crippen LogP) is 4.10. The molecule has 19 heavy (non-hydrogen) atoms. The molecule has 4 heteroatoms. The highest BCUT2D eigenvalue weighted by Crippen LogP contribution is 2.30. The van der Waals surface area contributed by atoms with Crippen molar-refractivity contribution >= 4 is 11.6 Å². The molecule has 1 aromatic carbocycles. The fourth-order valence-corrected chi connectivity index (χ4v) is 3.23. The van der Waals surface area contributed by atoms with E-state index in [-0.39, 0.29) is 5.82 Å². The number of hydrogen-bond donors (Lipinski definition) is 1. The molecular weight excluding hydrogens is 268 g/mol. The molecule has 0 heterocycles. The Morgan fingerprint density at radius 2 is 1.89 bits per heavy atom. The molecule has 106 valence electrons. The highest BCUT2D eigenvalue weighted by Gasteiger charge is 2.23. The van der Waals surface area contributed by atoms with Crippen LogP contribution >= 0.6 is 11.6 Å². The van der Waals surface area contributed by atoms with Gasteiger partial charge in [0.1, 0.15) is 11.6 Å². The van der Waals surface area contributed by atoms with Crippen LogP contribution in [0.1, 0.15) is 31.2 Å². The normalized spacial score (nSPS) is 23.5. The molecule has 0 saturated heterocycles. The average molecular weight is 288 g/mol. The summed E-state index contributed by atoms with van der Waals surface area (Å²) in [5, 5.41) is 3.24. The first-order chi connectivity index (χ1) is 9.20. The van der Waals surface area contributed by atoms with Gasteiger partial charge in [-0.25, -0.2) is 8.78 Å². The van der Waals surface area contributed by atoms with Gasteiger partial charge in [-0.15, -0.1) is 11.6 Å². The molecule has 0 aromatic heterocycles. The minimum atomic E-state index is -0.394. The summed E-state index contributed by atoms with van der Waals surface area (Å²) in [6.07, 6.45) is 4.86. The van der Waals surface area contributed by atoms with Crippen molar-refractivity contribution in [1.29, 1.82) is 0 Å². The lowest BCUT2D eigenvalue weighted by atomic mass is 9.80. The predicted molar refractivity (Wildman–Crippen MR) is 74.2 cm³/mol. The summed E-state index contributed by atoms with van der Waals surface area (Å²) in [6, 6.07) is 3.57. The first-order valence-electron chi connectivity index (χ1n) is 6.91. The highest BCUT2D eigenvalue weighted by atomic mass is 35.5. The van der Waals surface area contributed by atoms with Crippen LogP contribution in [-0.4, -0.2) is 12.4 Å². The quantitative estimate of drug-likeness (QED) is 0.804. The lowest BCUT2D eigenvalue weighted by Crippen LogP contribution is -2.31. The minimum Gasteiger partial charge on any atom is -0.312 e. The van der Waals surface area contributed by atoms with Crippen LogP contribution in [0.2, 0.25) is 0 Å². The molecule has 0 amide bonds. The molecule has 0 bridgehead atoms. The van der Waals surface area contributed by atoms with Gasteiger partial charge in [0.05, 0.1) is 0 Å². The smallest absolute Gasteiger partial charge is 0.127 e. The van der Waals surface area contributed by atoms with Gasteiger partial charge < -0.3 is 5.32 Å². The fourth-order valence-electron chi connectivity index (χ4n) is 2.83. The van der Waals surface area contributed by atoms with Crippen molar-refractivity contribution < 1.29 is 8.78 Å². The Hall–Kier alpha value is -0.670. The van der Waals surface area contributed by atoms with Crippen LogP contribution in [0, 0.1) is 23.5 Å². The first kappa shape index (κ1) is 14.7. The van der Waals surface area contributed by atoms with Crippen molar-refractivity contribution in [2.75, 3.05) is 12.4 Å². The summed E-state index contributed by atoms with van der Waals surface area (Å²) in [4.78, 5) is 0.